The van der Waals surface area contributed by atoms with Crippen molar-refractivity contribution in [2.45, 2.75) is 18.9 Å². The maximum Gasteiger partial charge on any atom is 0.255 e. The highest BCUT2D eigenvalue weighted by Gasteiger charge is 2.25. The Balaban J connectivity index is 0.00000192. The standard InChI is InChI=1S/C16H21N3O3.ClH/c20-15(14-11-17-7-10-22-14)18-13-6-2-1-5-12(13)16(21)19-8-3-4-9-19;/h1-2,5-6,14,17H,3-4,7-11H2,(H,18,20);1H. The SMILES string of the molecule is Cl.O=C(Nc1ccccc1C(=O)N1CCCC1)C1CNCCO1. The first kappa shape index (κ1) is 17.7. The van der Waals surface area contributed by atoms with Crippen molar-refractivity contribution in [3.8, 4) is 0 Å². The van der Waals surface area contributed by atoms with E-state index in [-0.39, 0.29) is 24.2 Å². The molecule has 1 aromatic carbocycles. The zero-order valence-electron chi connectivity index (χ0n) is 12.9. The van der Waals surface area contributed by atoms with E-state index in [4.69, 9.17) is 4.74 Å². The maximum atomic E-state index is 12.6. The van der Waals surface area contributed by atoms with Crippen LogP contribution in [0.25, 0.3) is 0 Å². The summed E-state index contributed by atoms with van der Waals surface area (Å²) in [6.45, 7) is 3.35. The summed E-state index contributed by atoms with van der Waals surface area (Å²) in [6.07, 6.45) is 1.58. The molecule has 2 N–H and O–H groups in total. The number of carbonyl (C=O) groups excluding carboxylic acids is 2. The number of likely N-dealkylation sites (tertiary alicyclic amines) is 1. The van der Waals surface area contributed by atoms with Crippen molar-refractivity contribution in [1.29, 1.82) is 0 Å². The van der Waals surface area contributed by atoms with Crippen molar-refractivity contribution < 1.29 is 14.3 Å². The van der Waals surface area contributed by atoms with Gasteiger partial charge in [-0.2, -0.15) is 0 Å². The summed E-state index contributed by atoms with van der Waals surface area (Å²) in [7, 11) is 0. The number of hydrogen-bond acceptors (Lipinski definition) is 4. The van der Waals surface area contributed by atoms with E-state index >= 15 is 0 Å². The van der Waals surface area contributed by atoms with Gasteiger partial charge in [0.1, 0.15) is 6.10 Å². The van der Waals surface area contributed by atoms with E-state index in [1.165, 1.54) is 0 Å². The molecule has 3 rings (SSSR count). The molecule has 2 amide bonds. The molecule has 1 aromatic rings. The van der Waals surface area contributed by atoms with E-state index in [2.05, 4.69) is 10.6 Å². The molecule has 0 spiro atoms. The van der Waals surface area contributed by atoms with Crippen molar-refractivity contribution in [3.63, 3.8) is 0 Å². The lowest BCUT2D eigenvalue weighted by molar-refractivity contribution is -0.128. The van der Waals surface area contributed by atoms with E-state index in [1.807, 2.05) is 17.0 Å². The highest BCUT2D eigenvalue weighted by Crippen LogP contribution is 2.20. The third-order valence-corrected chi connectivity index (χ3v) is 4.03. The monoisotopic (exact) mass is 339 g/mol. The summed E-state index contributed by atoms with van der Waals surface area (Å²) >= 11 is 0. The Morgan fingerprint density at radius 2 is 1.96 bits per heavy atom. The third-order valence-electron chi connectivity index (χ3n) is 4.03. The largest absolute Gasteiger partial charge is 0.366 e. The molecule has 1 atom stereocenters. The molecule has 0 saturated carbocycles. The molecule has 2 aliphatic rings. The lowest BCUT2D eigenvalue weighted by Gasteiger charge is -2.23. The van der Waals surface area contributed by atoms with Gasteiger partial charge in [-0.25, -0.2) is 0 Å². The first-order valence-corrected chi connectivity index (χ1v) is 7.77. The van der Waals surface area contributed by atoms with Gasteiger partial charge in [0.15, 0.2) is 0 Å². The number of halogens is 1. The van der Waals surface area contributed by atoms with Gasteiger partial charge in [0.2, 0.25) is 0 Å². The molecule has 2 saturated heterocycles. The van der Waals surface area contributed by atoms with Crippen LogP contribution < -0.4 is 10.6 Å². The first-order chi connectivity index (χ1) is 10.8. The van der Waals surface area contributed by atoms with Crippen molar-refractivity contribution >= 4 is 29.9 Å². The Morgan fingerprint density at radius 1 is 1.22 bits per heavy atom. The van der Waals surface area contributed by atoms with Crippen LogP contribution in [0.1, 0.15) is 23.2 Å². The van der Waals surface area contributed by atoms with Gasteiger partial charge < -0.3 is 20.3 Å². The van der Waals surface area contributed by atoms with Crippen LogP contribution >= 0.6 is 12.4 Å². The molecule has 2 aliphatic heterocycles. The summed E-state index contributed by atoms with van der Waals surface area (Å²) in [5.41, 5.74) is 1.10. The molecule has 23 heavy (non-hydrogen) atoms. The molecule has 7 heteroatoms. The Labute approximate surface area is 142 Å². The van der Waals surface area contributed by atoms with Gasteiger partial charge in [-0.1, -0.05) is 12.1 Å². The second-order valence-electron chi connectivity index (χ2n) is 5.60. The number of nitrogens with one attached hydrogen (secondary N) is 2. The number of benzene rings is 1. The minimum absolute atomic E-state index is 0. The van der Waals surface area contributed by atoms with Crippen LogP contribution in [0.15, 0.2) is 24.3 Å². The molecule has 1 unspecified atom stereocenters. The molecular weight excluding hydrogens is 318 g/mol. The number of hydrogen-bond donors (Lipinski definition) is 2. The van der Waals surface area contributed by atoms with Crippen LogP contribution in [0.5, 0.6) is 0 Å². The predicted octanol–water partition coefficient (Wildman–Crippen LogP) is 1.27. The Morgan fingerprint density at radius 3 is 2.65 bits per heavy atom. The Hall–Kier alpha value is -1.63. The van der Waals surface area contributed by atoms with Gasteiger partial charge in [-0.3, -0.25) is 9.59 Å². The first-order valence-electron chi connectivity index (χ1n) is 7.77. The van der Waals surface area contributed by atoms with Gasteiger partial charge in [0.05, 0.1) is 17.9 Å². The lowest BCUT2D eigenvalue weighted by atomic mass is 10.1. The van der Waals surface area contributed by atoms with Crippen molar-refractivity contribution in [1.82, 2.24) is 10.2 Å². The summed E-state index contributed by atoms with van der Waals surface area (Å²) in [4.78, 5) is 26.7. The fourth-order valence-electron chi connectivity index (χ4n) is 2.82. The van der Waals surface area contributed by atoms with Crippen LogP contribution in [0.4, 0.5) is 5.69 Å². The zero-order valence-corrected chi connectivity index (χ0v) is 13.7. The van der Waals surface area contributed by atoms with E-state index in [9.17, 15) is 9.59 Å². The summed E-state index contributed by atoms with van der Waals surface area (Å²) in [6, 6.07) is 7.15. The number of ether oxygens (including phenoxy) is 1. The summed E-state index contributed by atoms with van der Waals surface area (Å²) in [5, 5.41) is 5.96. The highest BCUT2D eigenvalue weighted by atomic mass is 35.5. The number of anilines is 1. The topological polar surface area (TPSA) is 70.7 Å². The van der Waals surface area contributed by atoms with Gasteiger partial charge in [0.25, 0.3) is 11.8 Å². The van der Waals surface area contributed by atoms with Crippen LogP contribution in [-0.4, -0.2) is 55.6 Å². The second-order valence-corrected chi connectivity index (χ2v) is 5.60. The van der Waals surface area contributed by atoms with Gasteiger partial charge in [-0.05, 0) is 25.0 Å². The van der Waals surface area contributed by atoms with Gasteiger partial charge in [0, 0.05) is 26.2 Å². The summed E-state index contributed by atoms with van der Waals surface area (Å²) in [5.74, 6) is -0.232. The fourth-order valence-corrected chi connectivity index (χ4v) is 2.82. The van der Waals surface area contributed by atoms with Crippen LogP contribution in [-0.2, 0) is 9.53 Å². The molecule has 6 nitrogen and oxygen atoms in total. The quantitative estimate of drug-likeness (QED) is 0.870. The Kier molecular flexibility index (Phi) is 6.38. The normalized spacial score (nSPS) is 20.7. The number of rotatable bonds is 3. The van der Waals surface area contributed by atoms with Crippen LogP contribution in [0.2, 0.25) is 0 Å². The number of amides is 2. The van der Waals surface area contributed by atoms with Gasteiger partial charge >= 0.3 is 0 Å². The zero-order chi connectivity index (χ0) is 15.4. The Bertz CT molecular complexity index is 555. The minimum Gasteiger partial charge on any atom is -0.366 e. The number of nitrogens with zero attached hydrogens (tertiary/aromatic N) is 1. The van der Waals surface area contributed by atoms with E-state index in [1.54, 1.807) is 12.1 Å². The second kappa shape index (κ2) is 8.29. The molecule has 0 aliphatic carbocycles. The third kappa shape index (κ3) is 4.22. The van der Waals surface area contributed by atoms with E-state index in [0.717, 1.165) is 32.5 Å². The molecule has 126 valence electrons. The summed E-state index contributed by atoms with van der Waals surface area (Å²) < 4.78 is 5.44. The van der Waals surface area contributed by atoms with E-state index in [0.29, 0.717) is 24.4 Å². The molecule has 2 fully saturated rings. The average molecular weight is 340 g/mol. The number of carbonyl (C=O) groups is 2. The van der Waals surface area contributed by atoms with Crippen LogP contribution in [0.3, 0.4) is 0 Å². The fraction of sp³-hybridized carbons (Fsp3) is 0.500. The molecular formula is C16H22ClN3O3. The molecule has 2 heterocycles. The average Bonchev–Trinajstić information content (AvgIpc) is 3.10. The molecule has 0 bridgehead atoms. The minimum atomic E-state index is -0.510. The van der Waals surface area contributed by atoms with Gasteiger partial charge in [-0.15, -0.1) is 12.4 Å². The number of morpholine rings is 1. The number of para-hydroxylation sites is 1. The van der Waals surface area contributed by atoms with Crippen molar-refractivity contribution in [2.24, 2.45) is 0 Å². The maximum absolute atomic E-state index is 12.6. The predicted molar refractivity (Wildman–Crippen MR) is 90.1 cm³/mol. The smallest absolute Gasteiger partial charge is 0.255 e. The lowest BCUT2D eigenvalue weighted by Crippen LogP contribution is -2.45. The van der Waals surface area contributed by atoms with Crippen molar-refractivity contribution in [2.75, 3.05) is 38.1 Å². The van der Waals surface area contributed by atoms with Crippen LogP contribution in [0, 0.1) is 0 Å². The highest BCUT2D eigenvalue weighted by molar-refractivity contribution is 6.04. The molecule has 0 aromatic heterocycles. The van der Waals surface area contributed by atoms with Crippen molar-refractivity contribution in [3.05, 3.63) is 29.8 Å². The van der Waals surface area contributed by atoms with E-state index < -0.39 is 6.10 Å². The molecule has 0 radical (unpaired) electrons.